The van der Waals surface area contributed by atoms with E-state index >= 15 is 0 Å². The number of nitrogens with one attached hydrogen (secondary N) is 1. The number of rotatable bonds is 5. The molecule has 1 fully saturated rings. The Bertz CT molecular complexity index is 394. The maximum atomic E-state index is 13.0. The van der Waals surface area contributed by atoms with E-state index in [0.717, 1.165) is 29.9 Å². The molecule has 2 nitrogen and oxygen atoms in total. The highest BCUT2D eigenvalue weighted by molar-refractivity contribution is 8.03. The van der Waals surface area contributed by atoms with Gasteiger partial charge in [-0.05, 0) is 31.8 Å². The number of amides is 1. The number of carbonyl (C=O) groups is 1. The van der Waals surface area contributed by atoms with Gasteiger partial charge in [0.25, 0.3) is 0 Å². The van der Waals surface area contributed by atoms with E-state index in [4.69, 9.17) is 0 Å². The number of allylic oxidation sites excluding steroid dienone is 3. The normalized spacial score (nSPS) is 29.9. The molecule has 3 atom stereocenters. The first-order chi connectivity index (χ1) is 9.70. The quantitative estimate of drug-likeness (QED) is 0.835. The Morgan fingerprint density at radius 1 is 1.45 bits per heavy atom. The summed E-state index contributed by atoms with van der Waals surface area (Å²) in [6.45, 7) is 2.68. The molecule has 2 aliphatic rings. The fourth-order valence-electron chi connectivity index (χ4n) is 2.94. The van der Waals surface area contributed by atoms with Crippen LogP contribution in [0.5, 0.6) is 0 Å². The van der Waals surface area contributed by atoms with Gasteiger partial charge in [-0.2, -0.15) is 0 Å². The Balaban J connectivity index is 1.86. The van der Waals surface area contributed by atoms with Gasteiger partial charge in [0.2, 0.25) is 5.91 Å². The van der Waals surface area contributed by atoms with E-state index < -0.39 is 6.17 Å². The van der Waals surface area contributed by atoms with Crippen molar-refractivity contribution < 1.29 is 9.18 Å². The lowest BCUT2D eigenvalue weighted by atomic mass is 9.80. The van der Waals surface area contributed by atoms with E-state index in [9.17, 15) is 9.18 Å². The molecule has 2 aliphatic carbocycles. The van der Waals surface area contributed by atoms with Crippen molar-refractivity contribution in [1.29, 1.82) is 0 Å². The van der Waals surface area contributed by atoms with Crippen LogP contribution in [0.1, 0.15) is 39.0 Å². The van der Waals surface area contributed by atoms with E-state index in [2.05, 4.69) is 5.32 Å². The lowest BCUT2D eigenvalue weighted by Gasteiger charge is -2.30. The highest BCUT2D eigenvalue weighted by Crippen LogP contribution is 2.35. The Morgan fingerprint density at radius 3 is 2.95 bits per heavy atom. The van der Waals surface area contributed by atoms with Gasteiger partial charge < -0.3 is 5.32 Å². The van der Waals surface area contributed by atoms with Crippen LogP contribution in [0.4, 0.5) is 4.39 Å². The molecule has 0 saturated heterocycles. The van der Waals surface area contributed by atoms with Gasteiger partial charge in [0.15, 0.2) is 0 Å². The molecule has 0 heterocycles. The SMILES string of the molecule is CCNC(=O)C1CCCCC1CSC1=CCC(F)C=C1. The highest BCUT2D eigenvalue weighted by Gasteiger charge is 2.30. The smallest absolute Gasteiger partial charge is 0.223 e. The summed E-state index contributed by atoms with van der Waals surface area (Å²) in [4.78, 5) is 13.3. The van der Waals surface area contributed by atoms with Crippen molar-refractivity contribution in [3.05, 3.63) is 23.1 Å². The van der Waals surface area contributed by atoms with Crippen LogP contribution < -0.4 is 5.32 Å². The molecule has 0 radical (unpaired) electrons. The van der Waals surface area contributed by atoms with Crippen LogP contribution in [0, 0.1) is 11.8 Å². The van der Waals surface area contributed by atoms with Gasteiger partial charge in [-0.25, -0.2) is 4.39 Å². The predicted molar refractivity (Wildman–Crippen MR) is 83.3 cm³/mol. The number of halogens is 1. The summed E-state index contributed by atoms with van der Waals surface area (Å²) in [7, 11) is 0. The minimum atomic E-state index is -0.822. The summed E-state index contributed by atoms with van der Waals surface area (Å²) in [5.41, 5.74) is 0. The first kappa shape index (κ1) is 15.6. The number of hydrogen-bond donors (Lipinski definition) is 1. The van der Waals surface area contributed by atoms with Crippen molar-refractivity contribution in [2.45, 2.75) is 45.2 Å². The monoisotopic (exact) mass is 297 g/mol. The molecule has 4 heteroatoms. The number of hydrogen-bond acceptors (Lipinski definition) is 2. The van der Waals surface area contributed by atoms with E-state index in [1.54, 1.807) is 17.8 Å². The summed E-state index contributed by atoms with van der Waals surface area (Å²) in [5, 5.41) is 2.96. The van der Waals surface area contributed by atoms with Gasteiger partial charge in [-0.15, -0.1) is 11.8 Å². The van der Waals surface area contributed by atoms with Gasteiger partial charge in [0, 0.05) is 29.5 Å². The van der Waals surface area contributed by atoms with Gasteiger partial charge in [-0.3, -0.25) is 4.79 Å². The van der Waals surface area contributed by atoms with Crippen LogP contribution >= 0.6 is 11.8 Å². The molecule has 0 aromatic rings. The first-order valence-electron chi connectivity index (χ1n) is 7.63. The van der Waals surface area contributed by atoms with Gasteiger partial charge in [-0.1, -0.05) is 25.0 Å². The van der Waals surface area contributed by atoms with Crippen LogP contribution in [-0.4, -0.2) is 24.4 Å². The van der Waals surface area contributed by atoms with Crippen molar-refractivity contribution in [3.8, 4) is 0 Å². The molecule has 0 bridgehead atoms. The Hall–Kier alpha value is -0.770. The molecule has 2 rings (SSSR count). The van der Waals surface area contributed by atoms with Gasteiger partial charge >= 0.3 is 0 Å². The average Bonchev–Trinajstić information content (AvgIpc) is 2.47. The van der Waals surface area contributed by atoms with Crippen molar-refractivity contribution in [2.75, 3.05) is 12.3 Å². The van der Waals surface area contributed by atoms with Crippen LogP contribution in [0.2, 0.25) is 0 Å². The molecule has 0 aliphatic heterocycles. The zero-order valence-electron chi connectivity index (χ0n) is 12.1. The molecule has 0 aromatic carbocycles. The number of carbonyl (C=O) groups excluding carboxylic acids is 1. The summed E-state index contributed by atoms with van der Waals surface area (Å²) in [5.74, 6) is 1.81. The molecule has 1 amide bonds. The van der Waals surface area contributed by atoms with E-state index in [-0.39, 0.29) is 11.8 Å². The van der Waals surface area contributed by atoms with E-state index in [1.165, 1.54) is 6.42 Å². The molecule has 0 spiro atoms. The van der Waals surface area contributed by atoms with Crippen LogP contribution in [0.25, 0.3) is 0 Å². The van der Waals surface area contributed by atoms with E-state index in [0.29, 0.717) is 18.9 Å². The highest BCUT2D eigenvalue weighted by atomic mass is 32.2. The van der Waals surface area contributed by atoms with Crippen LogP contribution in [0.3, 0.4) is 0 Å². The third-order valence-electron chi connectivity index (χ3n) is 4.07. The summed E-state index contributed by atoms with van der Waals surface area (Å²) < 4.78 is 13.0. The minimum absolute atomic E-state index is 0.165. The Morgan fingerprint density at radius 2 is 2.25 bits per heavy atom. The fraction of sp³-hybridized carbons (Fsp3) is 0.688. The zero-order chi connectivity index (χ0) is 14.4. The van der Waals surface area contributed by atoms with Crippen molar-refractivity contribution in [3.63, 3.8) is 0 Å². The van der Waals surface area contributed by atoms with Crippen molar-refractivity contribution in [1.82, 2.24) is 5.32 Å². The third kappa shape index (κ3) is 4.37. The molecule has 1 N–H and O–H groups in total. The first-order valence-corrected chi connectivity index (χ1v) is 8.62. The average molecular weight is 297 g/mol. The lowest BCUT2D eigenvalue weighted by Crippen LogP contribution is -2.37. The second-order valence-corrected chi connectivity index (χ2v) is 6.67. The van der Waals surface area contributed by atoms with Crippen molar-refractivity contribution in [2.24, 2.45) is 11.8 Å². The van der Waals surface area contributed by atoms with Crippen LogP contribution in [-0.2, 0) is 4.79 Å². The largest absolute Gasteiger partial charge is 0.356 e. The van der Waals surface area contributed by atoms with Gasteiger partial charge in [0.05, 0.1) is 0 Å². The topological polar surface area (TPSA) is 29.1 Å². The summed E-state index contributed by atoms with van der Waals surface area (Å²) in [6, 6.07) is 0. The second kappa shape index (κ2) is 7.87. The predicted octanol–water partition coefficient (Wildman–Crippen LogP) is 3.84. The molecule has 0 aromatic heterocycles. The molecule has 20 heavy (non-hydrogen) atoms. The Labute approximate surface area is 125 Å². The lowest BCUT2D eigenvalue weighted by molar-refractivity contribution is -0.127. The van der Waals surface area contributed by atoms with Gasteiger partial charge in [0.1, 0.15) is 6.17 Å². The standard InChI is InChI=1S/C16H24FNOS/c1-2-18-16(19)15-6-4-3-5-12(15)11-20-14-9-7-13(17)8-10-14/h7,9-10,12-13,15H,2-6,8,11H2,1H3,(H,18,19). The summed E-state index contributed by atoms with van der Waals surface area (Å²) >= 11 is 1.77. The third-order valence-corrected chi connectivity index (χ3v) is 5.31. The fourth-order valence-corrected chi connectivity index (χ4v) is 4.14. The molecular weight excluding hydrogens is 273 g/mol. The molecule has 3 unspecified atom stereocenters. The van der Waals surface area contributed by atoms with Crippen molar-refractivity contribution >= 4 is 17.7 Å². The number of thioether (sulfide) groups is 1. The molecule has 112 valence electrons. The molecule has 1 saturated carbocycles. The second-order valence-electron chi connectivity index (χ2n) is 5.57. The summed E-state index contributed by atoms with van der Waals surface area (Å²) in [6.07, 6.45) is 9.68. The minimum Gasteiger partial charge on any atom is -0.356 e. The molecular formula is C16H24FNOS. The maximum absolute atomic E-state index is 13.0. The maximum Gasteiger partial charge on any atom is 0.223 e. The Kier molecular flexibility index (Phi) is 6.14. The van der Waals surface area contributed by atoms with Crippen LogP contribution in [0.15, 0.2) is 23.1 Å². The number of alkyl halides is 1. The van der Waals surface area contributed by atoms with E-state index in [1.807, 2.05) is 19.1 Å². The zero-order valence-corrected chi connectivity index (χ0v) is 12.9.